The molecular formula is C43H25N5. The first-order chi connectivity index (χ1) is 23.8. The second kappa shape index (κ2) is 9.47. The molecule has 4 aromatic heterocycles. The maximum atomic E-state index is 5.36. The number of para-hydroxylation sites is 2. The molecule has 7 aromatic carbocycles. The van der Waals surface area contributed by atoms with Crippen LogP contribution in [0.3, 0.4) is 0 Å². The summed E-state index contributed by atoms with van der Waals surface area (Å²) in [5.41, 5.74) is 10.0. The first kappa shape index (κ1) is 25.6. The molecule has 0 spiro atoms. The third-order valence-electron chi connectivity index (χ3n) is 9.81. The van der Waals surface area contributed by atoms with E-state index in [0.717, 1.165) is 67.1 Å². The van der Waals surface area contributed by atoms with Crippen LogP contribution in [0.1, 0.15) is 0 Å². The van der Waals surface area contributed by atoms with Crippen molar-refractivity contribution in [1.29, 1.82) is 0 Å². The summed E-state index contributed by atoms with van der Waals surface area (Å²) in [5, 5.41) is 7.15. The Morgan fingerprint density at radius 1 is 0.417 bits per heavy atom. The topological polar surface area (TPSA) is 48.0 Å². The molecule has 0 aliphatic heterocycles. The van der Waals surface area contributed by atoms with Crippen molar-refractivity contribution in [2.24, 2.45) is 0 Å². The van der Waals surface area contributed by atoms with Crippen LogP contribution in [-0.2, 0) is 0 Å². The summed E-state index contributed by atoms with van der Waals surface area (Å²) in [7, 11) is 0. The van der Waals surface area contributed by atoms with Crippen molar-refractivity contribution >= 4 is 70.9 Å². The van der Waals surface area contributed by atoms with E-state index >= 15 is 0 Å². The van der Waals surface area contributed by atoms with E-state index in [4.69, 9.17) is 15.0 Å². The molecule has 0 saturated heterocycles. The molecule has 0 N–H and O–H groups in total. The van der Waals surface area contributed by atoms with Crippen LogP contribution < -0.4 is 0 Å². The van der Waals surface area contributed by atoms with Crippen molar-refractivity contribution in [3.8, 4) is 28.5 Å². The second-order valence-corrected chi connectivity index (χ2v) is 12.5. The Morgan fingerprint density at radius 2 is 1.08 bits per heavy atom. The number of aromatic nitrogens is 5. The molecule has 11 rings (SSSR count). The largest absolute Gasteiger partial charge is 0.292 e. The van der Waals surface area contributed by atoms with Gasteiger partial charge in [-0.2, -0.15) is 0 Å². The van der Waals surface area contributed by atoms with Gasteiger partial charge in [0, 0.05) is 27.3 Å². The number of imidazole rings is 1. The highest BCUT2D eigenvalue weighted by Gasteiger charge is 2.26. The lowest BCUT2D eigenvalue weighted by Crippen LogP contribution is -2.03. The molecule has 48 heavy (non-hydrogen) atoms. The van der Waals surface area contributed by atoms with Gasteiger partial charge in [-0.05, 0) is 58.6 Å². The molecule has 0 amide bonds. The average Bonchev–Trinajstić information content (AvgIpc) is 3.67. The number of nitrogens with zero attached hydrogens (tertiary/aromatic N) is 5. The van der Waals surface area contributed by atoms with E-state index in [1.807, 2.05) is 30.3 Å². The number of hydrogen-bond acceptors (Lipinski definition) is 3. The normalized spacial score (nSPS) is 12.2. The lowest BCUT2D eigenvalue weighted by atomic mass is 10.0. The molecule has 0 radical (unpaired) electrons. The van der Waals surface area contributed by atoms with Crippen molar-refractivity contribution in [3.63, 3.8) is 0 Å². The lowest BCUT2D eigenvalue weighted by molar-refractivity contribution is 1.08. The predicted octanol–water partition coefficient (Wildman–Crippen LogP) is 10.6. The van der Waals surface area contributed by atoms with E-state index in [9.17, 15) is 0 Å². The van der Waals surface area contributed by atoms with Crippen LogP contribution in [0.25, 0.3) is 99.4 Å². The third kappa shape index (κ3) is 3.42. The van der Waals surface area contributed by atoms with Crippen molar-refractivity contribution < 1.29 is 0 Å². The first-order valence-corrected chi connectivity index (χ1v) is 16.2. The molecule has 5 nitrogen and oxygen atoms in total. The molecule has 222 valence electrons. The summed E-state index contributed by atoms with van der Waals surface area (Å²) < 4.78 is 4.71. The summed E-state index contributed by atoms with van der Waals surface area (Å²) in [6.45, 7) is 0. The highest BCUT2D eigenvalue weighted by atomic mass is 15.1. The van der Waals surface area contributed by atoms with Gasteiger partial charge in [0.1, 0.15) is 11.5 Å². The SMILES string of the molecule is c1ccc(-c2nc3ccccc3nc2-n2c3cccc4c5cc6ccccc6cc5n5c(-c6ccccc6)nc6ccc2c(c43)c65)cc1. The summed E-state index contributed by atoms with van der Waals surface area (Å²) in [6, 6.07) is 53.4. The van der Waals surface area contributed by atoms with E-state index in [1.54, 1.807) is 0 Å². The van der Waals surface area contributed by atoms with Gasteiger partial charge in [0.2, 0.25) is 0 Å². The van der Waals surface area contributed by atoms with Gasteiger partial charge in [0.05, 0.1) is 38.6 Å². The minimum Gasteiger partial charge on any atom is -0.292 e. The Labute approximate surface area is 274 Å². The van der Waals surface area contributed by atoms with Gasteiger partial charge in [-0.15, -0.1) is 0 Å². The van der Waals surface area contributed by atoms with Crippen molar-refractivity contribution in [2.45, 2.75) is 0 Å². The number of hydrogen-bond donors (Lipinski definition) is 0. The van der Waals surface area contributed by atoms with E-state index in [1.165, 1.54) is 32.3 Å². The fraction of sp³-hybridized carbons (Fsp3) is 0. The third-order valence-corrected chi connectivity index (χ3v) is 9.81. The number of rotatable bonds is 3. The van der Waals surface area contributed by atoms with Crippen LogP contribution in [0.15, 0.2) is 152 Å². The molecule has 4 heterocycles. The molecular weight excluding hydrogens is 587 g/mol. The quantitative estimate of drug-likeness (QED) is 0.200. The zero-order valence-electron chi connectivity index (χ0n) is 25.7. The molecule has 0 fully saturated rings. The predicted molar refractivity (Wildman–Crippen MR) is 197 cm³/mol. The Hall–Kier alpha value is -6.59. The van der Waals surface area contributed by atoms with Crippen molar-refractivity contribution in [1.82, 2.24) is 23.9 Å². The fourth-order valence-electron chi connectivity index (χ4n) is 7.74. The second-order valence-electron chi connectivity index (χ2n) is 12.5. The standard InChI is InChI=1S/C43H25N5/c1-3-12-26(13-4-1)40-43(45-33-20-10-9-19-32(33)44-40)47-35-21-11-18-30-31-24-28-16-7-8-17-29(28)25-37(31)48-41-34(22-23-36(47)39(41)38(30)35)46-42(48)27-14-5-2-6-15-27/h1-25H. The van der Waals surface area contributed by atoms with E-state index in [2.05, 4.69) is 130 Å². The number of benzene rings is 7. The van der Waals surface area contributed by atoms with Crippen LogP contribution >= 0.6 is 0 Å². The van der Waals surface area contributed by atoms with E-state index in [-0.39, 0.29) is 0 Å². The van der Waals surface area contributed by atoms with Crippen LogP contribution in [0.4, 0.5) is 0 Å². The first-order valence-electron chi connectivity index (χ1n) is 16.2. The van der Waals surface area contributed by atoms with Gasteiger partial charge in [-0.3, -0.25) is 8.97 Å². The van der Waals surface area contributed by atoms with Crippen molar-refractivity contribution in [2.75, 3.05) is 0 Å². The average molecular weight is 612 g/mol. The molecule has 0 aliphatic carbocycles. The summed E-state index contributed by atoms with van der Waals surface area (Å²) in [4.78, 5) is 15.9. The summed E-state index contributed by atoms with van der Waals surface area (Å²) in [5.74, 6) is 1.74. The summed E-state index contributed by atoms with van der Waals surface area (Å²) in [6.07, 6.45) is 0. The van der Waals surface area contributed by atoms with Gasteiger partial charge in [0.25, 0.3) is 0 Å². The zero-order chi connectivity index (χ0) is 31.3. The van der Waals surface area contributed by atoms with Gasteiger partial charge in [-0.25, -0.2) is 15.0 Å². The molecule has 5 heteroatoms. The Kier molecular flexibility index (Phi) is 5.05. The smallest absolute Gasteiger partial charge is 0.165 e. The molecule has 0 atom stereocenters. The molecule has 0 bridgehead atoms. The van der Waals surface area contributed by atoms with Crippen molar-refractivity contribution in [3.05, 3.63) is 152 Å². The molecule has 0 unspecified atom stereocenters. The highest BCUT2D eigenvalue weighted by molar-refractivity contribution is 6.30. The van der Waals surface area contributed by atoms with Gasteiger partial charge < -0.3 is 0 Å². The monoisotopic (exact) mass is 611 g/mol. The van der Waals surface area contributed by atoms with Gasteiger partial charge >= 0.3 is 0 Å². The maximum absolute atomic E-state index is 5.36. The maximum Gasteiger partial charge on any atom is 0.165 e. The number of fused-ring (bicyclic) bond motifs is 5. The van der Waals surface area contributed by atoms with Gasteiger partial charge in [-0.1, -0.05) is 109 Å². The minimum atomic E-state index is 0.810. The van der Waals surface area contributed by atoms with Crippen LogP contribution in [0, 0.1) is 0 Å². The lowest BCUT2D eigenvalue weighted by Gasteiger charge is -2.14. The van der Waals surface area contributed by atoms with Gasteiger partial charge in [0.15, 0.2) is 5.82 Å². The molecule has 0 saturated carbocycles. The Morgan fingerprint density at radius 3 is 1.88 bits per heavy atom. The van der Waals surface area contributed by atoms with E-state index in [0.29, 0.717) is 0 Å². The Bertz CT molecular complexity index is 3050. The summed E-state index contributed by atoms with van der Waals surface area (Å²) >= 11 is 0. The molecule has 0 aliphatic rings. The van der Waals surface area contributed by atoms with Crippen LogP contribution in [-0.4, -0.2) is 23.9 Å². The molecule has 11 aromatic rings. The Balaban J connectivity index is 1.40. The van der Waals surface area contributed by atoms with Crippen LogP contribution in [0.2, 0.25) is 0 Å². The highest BCUT2D eigenvalue weighted by Crippen LogP contribution is 2.45. The minimum absolute atomic E-state index is 0.810. The fourth-order valence-corrected chi connectivity index (χ4v) is 7.74. The van der Waals surface area contributed by atoms with Crippen LogP contribution in [0.5, 0.6) is 0 Å². The zero-order valence-corrected chi connectivity index (χ0v) is 25.7. The van der Waals surface area contributed by atoms with E-state index < -0.39 is 0 Å².